The zero-order chi connectivity index (χ0) is 23.4. The third kappa shape index (κ3) is 5.05. The van der Waals surface area contributed by atoms with Gasteiger partial charge in [0.05, 0.1) is 10.7 Å². The fraction of sp³-hybridized carbons (Fsp3) is 0.222. The van der Waals surface area contributed by atoms with E-state index in [1.807, 2.05) is 85.7 Å². The molecule has 1 unspecified atom stereocenters. The lowest BCUT2D eigenvalue weighted by molar-refractivity contribution is -0.126. The van der Waals surface area contributed by atoms with Gasteiger partial charge in [0.25, 0.3) is 0 Å². The first kappa shape index (κ1) is 22.9. The molecular weight excluding hydrogens is 432 g/mol. The third-order valence-electron chi connectivity index (χ3n) is 6.04. The van der Waals surface area contributed by atoms with Gasteiger partial charge in [0, 0.05) is 36.7 Å². The molecule has 4 aromatic rings. The van der Waals surface area contributed by atoms with Gasteiger partial charge in [-0.15, -0.1) is 0 Å². The molecule has 5 nitrogen and oxygen atoms in total. The molecule has 3 aromatic carbocycles. The van der Waals surface area contributed by atoms with Crippen LogP contribution in [0.1, 0.15) is 22.9 Å². The van der Waals surface area contributed by atoms with Gasteiger partial charge in [-0.2, -0.15) is 0 Å². The first-order chi connectivity index (χ1) is 16.0. The molecule has 3 N–H and O–H groups in total. The second kappa shape index (κ2) is 10.1. The van der Waals surface area contributed by atoms with Crippen molar-refractivity contribution in [3.8, 4) is 0 Å². The van der Waals surface area contributed by atoms with Crippen LogP contribution >= 0.6 is 11.6 Å². The number of nitrogens with one attached hydrogen (secondary N) is 1. The highest BCUT2D eigenvalue weighted by molar-refractivity contribution is 6.36. The zero-order valence-electron chi connectivity index (χ0n) is 19.0. The predicted octanol–water partition coefficient (Wildman–Crippen LogP) is 4.95. The average Bonchev–Trinajstić information content (AvgIpc) is 3.05. The number of carbonyl (C=O) groups is 1. The number of nitrogens with zero attached hydrogens (tertiary/aromatic N) is 2. The van der Waals surface area contributed by atoms with Crippen molar-refractivity contribution >= 4 is 34.1 Å². The summed E-state index contributed by atoms with van der Waals surface area (Å²) in [7, 11) is 3.95. The van der Waals surface area contributed by atoms with E-state index in [1.165, 1.54) is 5.56 Å². The number of fused-ring (bicyclic) bond motifs is 1. The van der Waals surface area contributed by atoms with Crippen LogP contribution in [0.2, 0.25) is 5.02 Å². The van der Waals surface area contributed by atoms with Crippen LogP contribution in [0.4, 0.5) is 5.69 Å². The lowest BCUT2D eigenvalue weighted by Crippen LogP contribution is -2.39. The third-order valence-corrected chi connectivity index (χ3v) is 6.46. The molecule has 1 amide bonds. The standard InChI is InChI=1S/C27H29ClN4O/c1-31(18-24-25(28)22-17-21(29)13-14-23(22)32(24)2)26(20-11-7-4-8-12-20)27(33)30-16-15-19-9-5-3-6-10-19/h3-14,17,26H,15-16,18,29H2,1-2H3,(H,30,33). The normalized spacial score (nSPS) is 12.2. The monoisotopic (exact) mass is 460 g/mol. The Kier molecular flexibility index (Phi) is 7.02. The Morgan fingerprint density at radius 2 is 1.73 bits per heavy atom. The number of halogens is 1. The van der Waals surface area contributed by atoms with Gasteiger partial charge in [0.15, 0.2) is 0 Å². The lowest BCUT2D eigenvalue weighted by Gasteiger charge is -2.28. The summed E-state index contributed by atoms with van der Waals surface area (Å²) in [5, 5.41) is 4.71. The van der Waals surface area contributed by atoms with Gasteiger partial charge in [-0.1, -0.05) is 72.3 Å². The second-order valence-electron chi connectivity index (χ2n) is 8.35. The molecule has 6 heteroatoms. The molecule has 0 fully saturated rings. The number of hydrogen-bond acceptors (Lipinski definition) is 3. The van der Waals surface area contributed by atoms with Crippen LogP contribution in [0.3, 0.4) is 0 Å². The van der Waals surface area contributed by atoms with E-state index in [0.29, 0.717) is 23.8 Å². The van der Waals surface area contributed by atoms with Gasteiger partial charge in [-0.05, 0) is 42.8 Å². The molecular formula is C27H29ClN4O. The fourth-order valence-electron chi connectivity index (χ4n) is 4.29. The van der Waals surface area contributed by atoms with Crippen LogP contribution < -0.4 is 11.1 Å². The SMILES string of the molecule is CN(Cc1c(Cl)c2cc(N)ccc2n1C)C(C(=O)NCCc1ccccc1)c1ccccc1. The number of benzene rings is 3. The summed E-state index contributed by atoms with van der Waals surface area (Å²) in [6.45, 7) is 1.09. The van der Waals surface area contributed by atoms with Crippen LogP contribution in [0.15, 0.2) is 78.9 Å². The molecule has 0 aliphatic rings. The molecule has 170 valence electrons. The smallest absolute Gasteiger partial charge is 0.241 e. The van der Waals surface area contributed by atoms with E-state index in [0.717, 1.165) is 28.6 Å². The van der Waals surface area contributed by atoms with Crippen molar-refractivity contribution in [2.24, 2.45) is 7.05 Å². The van der Waals surface area contributed by atoms with Gasteiger partial charge in [-0.3, -0.25) is 9.69 Å². The first-order valence-corrected chi connectivity index (χ1v) is 11.4. The van der Waals surface area contributed by atoms with Gasteiger partial charge in [0.1, 0.15) is 6.04 Å². The number of nitrogens with two attached hydrogens (primary N) is 1. The number of carbonyl (C=O) groups excluding carboxylic acids is 1. The fourth-order valence-corrected chi connectivity index (χ4v) is 4.62. The Balaban J connectivity index is 1.56. The summed E-state index contributed by atoms with van der Waals surface area (Å²) in [4.78, 5) is 15.4. The summed E-state index contributed by atoms with van der Waals surface area (Å²) in [5.74, 6) is -0.0289. The van der Waals surface area contributed by atoms with Crippen LogP contribution in [0.25, 0.3) is 10.9 Å². The minimum Gasteiger partial charge on any atom is -0.399 e. The molecule has 33 heavy (non-hydrogen) atoms. The van der Waals surface area contributed by atoms with Gasteiger partial charge < -0.3 is 15.6 Å². The van der Waals surface area contributed by atoms with Crippen molar-refractivity contribution in [2.75, 3.05) is 19.3 Å². The molecule has 0 spiro atoms. The molecule has 1 atom stereocenters. The van der Waals surface area contributed by atoms with E-state index in [9.17, 15) is 4.79 Å². The molecule has 1 aromatic heterocycles. The van der Waals surface area contributed by atoms with E-state index in [1.54, 1.807) is 0 Å². The quantitative estimate of drug-likeness (QED) is 0.366. The minimum absolute atomic E-state index is 0.0289. The largest absolute Gasteiger partial charge is 0.399 e. The summed E-state index contributed by atoms with van der Waals surface area (Å²) in [6.07, 6.45) is 0.786. The Morgan fingerprint density at radius 1 is 1.06 bits per heavy atom. The zero-order valence-corrected chi connectivity index (χ0v) is 19.7. The van der Waals surface area contributed by atoms with E-state index < -0.39 is 6.04 Å². The number of likely N-dealkylation sites (N-methyl/N-ethyl adjacent to an activating group) is 1. The number of rotatable bonds is 8. The molecule has 0 radical (unpaired) electrons. The Labute approximate surface area is 199 Å². The molecule has 0 aliphatic heterocycles. The predicted molar refractivity (Wildman–Crippen MR) is 136 cm³/mol. The van der Waals surface area contributed by atoms with Gasteiger partial charge >= 0.3 is 0 Å². The topological polar surface area (TPSA) is 63.3 Å². The summed E-state index contributed by atoms with van der Waals surface area (Å²) < 4.78 is 2.07. The number of anilines is 1. The van der Waals surface area contributed by atoms with Crippen LogP contribution in [-0.2, 0) is 24.8 Å². The second-order valence-corrected chi connectivity index (χ2v) is 8.73. The van der Waals surface area contributed by atoms with Crippen molar-refractivity contribution in [3.05, 3.63) is 101 Å². The Bertz CT molecular complexity index is 1240. The lowest BCUT2D eigenvalue weighted by atomic mass is 10.0. The number of nitrogen functional groups attached to an aromatic ring is 1. The number of aromatic nitrogens is 1. The van der Waals surface area contributed by atoms with Crippen molar-refractivity contribution in [2.45, 2.75) is 19.0 Å². The Hall–Kier alpha value is -3.28. The number of hydrogen-bond donors (Lipinski definition) is 2. The maximum Gasteiger partial charge on any atom is 0.241 e. The van der Waals surface area contributed by atoms with Crippen molar-refractivity contribution in [3.63, 3.8) is 0 Å². The summed E-state index contributed by atoms with van der Waals surface area (Å²) >= 11 is 6.76. The van der Waals surface area contributed by atoms with Crippen molar-refractivity contribution < 1.29 is 4.79 Å². The highest BCUT2D eigenvalue weighted by atomic mass is 35.5. The van der Waals surface area contributed by atoms with Gasteiger partial charge in [0.2, 0.25) is 5.91 Å². The molecule has 1 heterocycles. The average molecular weight is 461 g/mol. The van der Waals surface area contributed by atoms with E-state index in [-0.39, 0.29) is 5.91 Å². The first-order valence-electron chi connectivity index (χ1n) is 11.0. The molecule has 0 aliphatic carbocycles. The maximum atomic E-state index is 13.3. The van der Waals surface area contributed by atoms with Crippen molar-refractivity contribution in [1.29, 1.82) is 0 Å². The molecule has 0 bridgehead atoms. The van der Waals surface area contributed by atoms with E-state index in [4.69, 9.17) is 17.3 Å². The summed E-state index contributed by atoms with van der Waals surface area (Å²) in [5.41, 5.74) is 10.7. The maximum absolute atomic E-state index is 13.3. The van der Waals surface area contributed by atoms with E-state index >= 15 is 0 Å². The molecule has 0 saturated heterocycles. The summed E-state index contributed by atoms with van der Waals surface area (Å²) in [6, 6.07) is 25.3. The Morgan fingerprint density at radius 3 is 2.42 bits per heavy atom. The highest BCUT2D eigenvalue weighted by Crippen LogP contribution is 2.33. The van der Waals surface area contributed by atoms with E-state index in [2.05, 4.69) is 22.0 Å². The highest BCUT2D eigenvalue weighted by Gasteiger charge is 2.27. The van der Waals surface area contributed by atoms with Crippen LogP contribution in [-0.4, -0.2) is 29.0 Å². The minimum atomic E-state index is -0.443. The number of amides is 1. The van der Waals surface area contributed by atoms with Crippen molar-refractivity contribution in [1.82, 2.24) is 14.8 Å². The van der Waals surface area contributed by atoms with Gasteiger partial charge in [-0.25, -0.2) is 0 Å². The molecule has 4 rings (SSSR count). The molecule has 0 saturated carbocycles. The van der Waals surface area contributed by atoms with Crippen LogP contribution in [0, 0.1) is 0 Å². The van der Waals surface area contributed by atoms with Crippen LogP contribution in [0.5, 0.6) is 0 Å². The number of aryl methyl sites for hydroxylation is 1.